The molecule has 1 unspecified atom stereocenters. The number of benzene rings is 1. The Labute approximate surface area is 138 Å². The summed E-state index contributed by atoms with van der Waals surface area (Å²) in [6.45, 7) is 12.3. The van der Waals surface area contributed by atoms with Gasteiger partial charge >= 0.3 is 0 Å². The maximum atomic E-state index is 3.62. The summed E-state index contributed by atoms with van der Waals surface area (Å²) in [5.74, 6) is 0.877. The second-order valence-corrected chi connectivity index (χ2v) is 8.18. The van der Waals surface area contributed by atoms with Crippen molar-refractivity contribution in [3.8, 4) is 0 Å². The normalized spacial score (nSPS) is 19.3. The van der Waals surface area contributed by atoms with Gasteiger partial charge in [-0.2, -0.15) is 0 Å². The molecule has 21 heavy (non-hydrogen) atoms. The van der Waals surface area contributed by atoms with Gasteiger partial charge in [-0.05, 0) is 63.3 Å². The first kappa shape index (κ1) is 16.8. The molecule has 1 fully saturated rings. The standard InChI is InChI=1S/C18H29BrN2/c1-5-6-14-9-10-21(13-14)17-8-7-16(19)11-15(17)12-20-18(2,3)4/h7-8,11,14,20H,5-6,9-10,12-13H2,1-4H3. The lowest BCUT2D eigenvalue weighted by Crippen LogP contribution is -2.35. The third-order valence-electron chi connectivity index (χ3n) is 4.17. The minimum absolute atomic E-state index is 0.148. The van der Waals surface area contributed by atoms with E-state index in [1.54, 1.807) is 0 Å². The third-order valence-corrected chi connectivity index (χ3v) is 4.67. The van der Waals surface area contributed by atoms with Gasteiger partial charge in [-0.25, -0.2) is 0 Å². The molecule has 2 rings (SSSR count). The monoisotopic (exact) mass is 352 g/mol. The lowest BCUT2D eigenvalue weighted by atomic mass is 10.0. The van der Waals surface area contributed by atoms with Gasteiger partial charge in [-0.3, -0.25) is 0 Å². The fourth-order valence-electron chi connectivity index (χ4n) is 3.06. The molecular weight excluding hydrogens is 324 g/mol. The highest BCUT2D eigenvalue weighted by molar-refractivity contribution is 9.10. The molecule has 118 valence electrons. The number of nitrogens with zero attached hydrogens (tertiary/aromatic N) is 1. The van der Waals surface area contributed by atoms with Gasteiger partial charge in [0.25, 0.3) is 0 Å². The van der Waals surface area contributed by atoms with Crippen molar-refractivity contribution in [1.82, 2.24) is 5.32 Å². The Kier molecular flexibility index (Phi) is 5.73. The smallest absolute Gasteiger partial charge is 0.0412 e. The van der Waals surface area contributed by atoms with E-state index in [4.69, 9.17) is 0 Å². The van der Waals surface area contributed by atoms with Gasteiger partial charge in [0.1, 0.15) is 0 Å². The van der Waals surface area contributed by atoms with E-state index in [1.807, 2.05) is 0 Å². The van der Waals surface area contributed by atoms with E-state index in [0.29, 0.717) is 0 Å². The molecule has 1 aromatic rings. The van der Waals surface area contributed by atoms with Crippen molar-refractivity contribution in [1.29, 1.82) is 0 Å². The second kappa shape index (κ2) is 7.15. The SMILES string of the molecule is CCCC1CCN(c2ccc(Br)cc2CNC(C)(C)C)C1. The summed E-state index contributed by atoms with van der Waals surface area (Å²) >= 11 is 3.62. The van der Waals surface area contributed by atoms with Crippen molar-refractivity contribution < 1.29 is 0 Å². The van der Waals surface area contributed by atoms with Gasteiger partial charge in [-0.1, -0.05) is 29.3 Å². The zero-order valence-electron chi connectivity index (χ0n) is 13.9. The van der Waals surface area contributed by atoms with Gasteiger partial charge in [0.05, 0.1) is 0 Å². The average molecular weight is 353 g/mol. The van der Waals surface area contributed by atoms with Gasteiger partial charge in [0.15, 0.2) is 0 Å². The van der Waals surface area contributed by atoms with Crippen LogP contribution in [0.1, 0.15) is 52.5 Å². The summed E-state index contributed by atoms with van der Waals surface area (Å²) in [7, 11) is 0. The molecule has 1 N–H and O–H groups in total. The van der Waals surface area contributed by atoms with Crippen LogP contribution in [0.3, 0.4) is 0 Å². The summed E-state index contributed by atoms with van der Waals surface area (Å²) in [6, 6.07) is 6.71. The molecule has 1 atom stereocenters. The molecule has 0 spiro atoms. The zero-order chi connectivity index (χ0) is 15.5. The fourth-order valence-corrected chi connectivity index (χ4v) is 3.47. The molecule has 0 aliphatic carbocycles. The van der Waals surface area contributed by atoms with Crippen LogP contribution in [-0.2, 0) is 6.54 Å². The lowest BCUT2D eigenvalue weighted by molar-refractivity contribution is 0.424. The Morgan fingerprint density at radius 2 is 2.10 bits per heavy atom. The van der Waals surface area contributed by atoms with Crippen LogP contribution in [0.4, 0.5) is 5.69 Å². The number of anilines is 1. The van der Waals surface area contributed by atoms with E-state index in [2.05, 4.69) is 72.0 Å². The van der Waals surface area contributed by atoms with Crippen LogP contribution < -0.4 is 10.2 Å². The van der Waals surface area contributed by atoms with Gasteiger partial charge in [0, 0.05) is 35.3 Å². The quantitative estimate of drug-likeness (QED) is 0.805. The number of hydrogen-bond donors (Lipinski definition) is 1. The zero-order valence-corrected chi connectivity index (χ0v) is 15.5. The molecule has 0 amide bonds. The highest BCUT2D eigenvalue weighted by atomic mass is 79.9. The average Bonchev–Trinajstić information content (AvgIpc) is 2.84. The number of nitrogens with one attached hydrogen (secondary N) is 1. The van der Waals surface area contributed by atoms with Gasteiger partial charge in [-0.15, -0.1) is 0 Å². The molecule has 2 nitrogen and oxygen atoms in total. The fraction of sp³-hybridized carbons (Fsp3) is 0.667. The van der Waals surface area contributed by atoms with E-state index in [9.17, 15) is 0 Å². The molecule has 3 heteroatoms. The summed E-state index contributed by atoms with van der Waals surface area (Å²) in [6.07, 6.45) is 4.01. The molecule has 1 heterocycles. The van der Waals surface area contributed by atoms with Crippen molar-refractivity contribution in [2.75, 3.05) is 18.0 Å². The first-order chi connectivity index (χ1) is 9.89. The number of rotatable bonds is 5. The molecular formula is C18H29BrN2. The Morgan fingerprint density at radius 3 is 2.76 bits per heavy atom. The minimum Gasteiger partial charge on any atom is -0.371 e. The maximum absolute atomic E-state index is 3.62. The molecule has 0 aromatic heterocycles. The molecule has 1 aromatic carbocycles. The minimum atomic E-state index is 0.148. The van der Waals surface area contributed by atoms with Gasteiger partial charge < -0.3 is 10.2 Å². The molecule has 0 bridgehead atoms. The van der Waals surface area contributed by atoms with Crippen LogP contribution in [0.2, 0.25) is 0 Å². The molecule has 1 aliphatic rings. The van der Waals surface area contributed by atoms with Crippen LogP contribution in [0, 0.1) is 5.92 Å². The van der Waals surface area contributed by atoms with Crippen LogP contribution in [0.15, 0.2) is 22.7 Å². The van der Waals surface area contributed by atoms with Crippen LogP contribution in [0.25, 0.3) is 0 Å². The number of hydrogen-bond acceptors (Lipinski definition) is 2. The topological polar surface area (TPSA) is 15.3 Å². The first-order valence-corrected chi connectivity index (χ1v) is 8.97. The Balaban J connectivity index is 2.12. The van der Waals surface area contributed by atoms with Crippen LogP contribution in [-0.4, -0.2) is 18.6 Å². The highest BCUT2D eigenvalue weighted by Crippen LogP contribution is 2.31. The van der Waals surface area contributed by atoms with Crippen LogP contribution in [0.5, 0.6) is 0 Å². The van der Waals surface area contributed by atoms with E-state index < -0.39 is 0 Å². The van der Waals surface area contributed by atoms with Crippen molar-refractivity contribution in [2.24, 2.45) is 5.92 Å². The Bertz CT molecular complexity index is 465. The largest absolute Gasteiger partial charge is 0.371 e. The number of halogens is 1. The van der Waals surface area contributed by atoms with E-state index in [1.165, 1.54) is 48.1 Å². The van der Waals surface area contributed by atoms with E-state index in [-0.39, 0.29) is 5.54 Å². The highest BCUT2D eigenvalue weighted by Gasteiger charge is 2.23. The van der Waals surface area contributed by atoms with Crippen LogP contribution >= 0.6 is 15.9 Å². The second-order valence-electron chi connectivity index (χ2n) is 7.27. The van der Waals surface area contributed by atoms with E-state index in [0.717, 1.165) is 12.5 Å². The molecule has 0 radical (unpaired) electrons. The Morgan fingerprint density at radius 1 is 1.33 bits per heavy atom. The predicted molar refractivity (Wildman–Crippen MR) is 96.0 cm³/mol. The predicted octanol–water partition coefficient (Wildman–Crippen LogP) is 4.96. The lowest BCUT2D eigenvalue weighted by Gasteiger charge is -2.26. The summed E-state index contributed by atoms with van der Waals surface area (Å²) in [4.78, 5) is 2.58. The summed E-state index contributed by atoms with van der Waals surface area (Å²) in [5.41, 5.74) is 2.96. The maximum Gasteiger partial charge on any atom is 0.0412 e. The van der Waals surface area contributed by atoms with Crippen molar-refractivity contribution in [3.05, 3.63) is 28.2 Å². The Hall–Kier alpha value is -0.540. The van der Waals surface area contributed by atoms with Crippen molar-refractivity contribution in [3.63, 3.8) is 0 Å². The summed E-state index contributed by atoms with van der Waals surface area (Å²) < 4.78 is 1.17. The molecule has 1 aliphatic heterocycles. The van der Waals surface area contributed by atoms with Crippen molar-refractivity contribution >= 4 is 21.6 Å². The van der Waals surface area contributed by atoms with Gasteiger partial charge in [0.2, 0.25) is 0 Å². The molecule has 1 saturated heterocycles. The third kappa shape index (κ3) is 5.00. The first-order valence-electron chi connectivity index (χ1n) is 8.17. The summed E-state index contributed by atoms with van der Waals surface area (Å²) in [5, 5.41) is 3.62. The van der Waals surface area contributed by atoms with E-state index >= 15 is 0 Å². The van der Waals surface area contributed by atoms with Crippen molar-refractivity contribution in [2.45, 2.75) is 59.0 Å². The molecule has 0 saturated carbocycles.